The Labute approximate surface area is 210 Å². The molecule has 3 aromatic heterocycles. The lowest BCUT2D eigenvalue weighted by atomic mass is 10.2. The molecule has 1 aliphatic rings. The minimum absolute atomic E-state index is 0.0587. The summed E-state index contributed by atoms with van der Waals surface area (Å²) in [5.74, 6) is 0.00572. The van der Waals surface area contributed by atoms with E-state index in [9.17, 15) is 18.1 Å². The van der Waals surface area contributed by atoms with E-state index in [2.05, 4.69) is 30.1 Å². The van der Waals surface area contributed by atoms with Crippen LogP contribution in [0.5, 0.6) is 0 Å². The number of aromatic nitrogens is 5. The van der Waals surface area contributed by atoms with Gasteiger partial charge in [0.05, 0.1) is 22.3 Å². The third kappa shape index (κ3) is 4.67. The van der Waals surface area contributed by atoms with E-state index in [1.807, 2.05) is 0 Å². The molecule has 1 amide bonds. The van der Waals surface area contributed by atoms with Crippen LogP contribution in [0.3, 0.4) is 0 Å². The third-order valence-electron chi connectivity index (χ3n) is 5.69. The molecule has 1 fully saturated rings. The van der Waals surface area contributed by atoms with Crippen molar-refractivity contribution in [1.29, 1.82) is 0 Å². The Balaban J connectivity index is 1.25. The van der Waals surface area contributed by atoms with Crippen LogP contribution in [0, 0.1) is 4.91 Å². The molecule has 0 bridgehead atoms. The van der Waals surface area contributed by atoms with Crippen molar-refractivity contribution >= 4 is 38.6 Å². The lowest BCUT2D eigenvalue weighted by molar-refractivity contribution is 0.0697. The number of H-pyrrole nitrogens is 1. The highest BCUT2D eigenvalue weighted by Gasteiger charge is 2.32. The summed E-state index contributed by atoms with van der Waals surface area (Å²) in [5.41, 5.74) is 2.25. The molecule has 1 saturated heterocycles. The van der Waals surface area contributed by atoms with Crippen LogP contribution < -0.4 is 0 Å². The number of aromatic amines is 1. The number of rotatable bonds is 6. The minimum Gasteiger partial charge on any atom is -0.336 e. The predicted molar refractivity (Wildman–Crippen MR) is 131 cm³/mol. The number of nitrogens with zero attached hydrogens (tertiary/aromatic N) is 7. The van der Waals surface area contributed by atoms with Gasteiger partial charge in [-0.3, -0.25) is 4.79 Å². The summed E-state index contributed by atoms with van der Waals surface area (Å²) in [6, 6.07) is 9.99. The first-order valence-corrected chi connectivity index (χ1v) is 12.7. The SMILES string of the molecule is O=NCc1cccc(-c2ncc(C(=O)N3CCN(S(=O)(=O)c4nc5ccc(Cl)cc5[nH]4)CC3)cn2)n1. The van der Waals surface area contributed by atoms with Gasteiger partial charge < -0.3 is 9.88 Å². The maximum Gasteiger partial charge on any atom is 0.276 e. The molecule has 1 N–H and O–H groups in total. The van der Waals surface area contributed by atoms with Gasteiger partial charge in [0.15, 0.2) is 5.82 Å². The molecule has 0 aliphatic carbocycles. The number of sulfonamides is 1. The van der Waals surface area contributed by atoms with Crippen molar-refractivity contribution < 1.29 is 13.2 Å². The highest BCUT2D eigenvalue weighted by Crippen LogP contribution is 2.22. The minimum atomic E-state index is -3.87. The second kappa shape index (κ2) is 9.68. The predicted octanol–water partition coefficient (Wildman–Crippen LogP) is 2.48. The molecular formula is C22H19ClN8O4S. The first kappa shape index (κ1) is 23.9. The number of carbonyl (C=O) groups excluding carboxylic acids is 1. The van der Waals surface area contributed by atoms with Crippen LogP contribution in [0.25, 0.3) is 22.6 Å². The molecule has 36 heavy (non-hydrogen) atoms. The van der Waals surface area contributed by atoms with Crippen LogP contribution >= 0.6 is 11.6 Å². The molecule has 4 heterocycles. The number of amides is 1. The largest absolute Gasteiger partial charge is 0.336 e. The van der Waals surface area contributed by atoms with Gasteiger partial charge in [-0.05, 0) is 30.3 Å². The quantitative estimate of drug-likeness (QED) is 0.376. The van der Waals surface area contributed by atoms with Crippen molar-refractivity contribution in [2.75, 3.05) is 26.2 Å². The molecule has 4 aromatic rings. The molecule has 14 heteroatoms. The van der Waals surface area contributed by atoms with Gasteiger partial charge >= 0.3 is 0 Å². The van der Waals surface area contributed by atoms with Crippen molar-refractivity contribution in [3.8, 4) is 11.5 Å². The fourth-order valence-corrected chi connectivity index (χ4v) is 5.36. The summed E-state index contributed by atoms with van der Waals surface area (Å²) < 4.78 is 27.4. The first-order chi connectivity index (χ1) is 17.3. The molecule has 1 aromatic carbocycles. The van der Waals surface area contributed by atoms with Crippen LogP contribution in [-0.2, 0) is 16.6 Å². The maximum atomic E-state index is 13.1. The van der Waals surface area contributed by atoms with Crippen molar-refractivity contribution in [2.45, 2.75) is 11.7 Å². The van der Waals surface area contributed by atoms with Gasteiger partial charge in [0.2, 0.25) is 5.16 Å². The smallest absolute Gasteiger partial charge is 0.276 e. The fraction of sp³-hybridized carbons (Fsp3) is 0.227. The summed E-state index contributed by atoms with van der Waals surface area (Å²) >= 11 is 5.97. The van der Waals surface area contributed by atoms with Crippen molar-refractivity contribution in [2.24, 2.45) is 5.18 Å². The van der Waals surface area contributed by atoms with Gasteiger partial charge in [0.1, 0.15) is 12.2 Å². The van der Waals surface area contributed by atoms with Crippen molar-refractivity contribution in [3.05, 3.63) is 70.0 Å². The molecule has 184 valence electrons. The summed E-state index contributed by atoms with van der Waals surface area (Å²) in [5, 5.41) is 3.14. The van der Waals surface area contributed by atoms with Gasteiger partial charge in [0, 0.05) is 43.6 Å². The lowest BCUT2D eigenvalue weighted by Gasteiger charge is -2.33. The summed E-state index contributed by atoms with van der Waals surface area (Å²) in [4.78, 5) is 44.7. The number of carbonyl (C=O) groups is 1. The molecule has 0 atom stereocenters. The van der Waals surface area contributed by atoms with Gasteiger partial charge in [-0.25, -0.2) is 28.4 Å². The van der Waals surface area contributed by atoms with Crippen LogP contribution in [0.15, 0.2) is 59.1 Å². The Morgan fingerprint density at radius 3 is 2.53 bits per heavy atom. The number of halogens is 1. The van der Waals surface area contributed by atoms with E-state index < -0.39 is 10.0 Å². The van der Waals surface area contributed by atoms with E-state index in [0.717, 1.165) is 0 Å². The number of imidazole rings is 1. The van der Waals surface area contributed by atoms with Gasteiger partial charge in [0.25, 0.3) is 15.9 Å². The summed E-state index contributed by atoms with van der Waals surface area (Å²) in [6.45, 7) is 0.581. The Hall–Kier alpha value is -3.81. The zero-order valence-corrected chi connectivity index (χ0v) is 20.3. The van der Waals surface area contributed by atoms with Crippen molar-refractivity contribution in [1.82, 2.24) is 34.1 Å². The molecule has 0 saturated carbocycles. The number of hydrogen-bond donors (Lipinski definition) is 1. The van der Waals surface area contributed by atoms with E-state index in [1.165, 1.54) is 16.7 Å². The normalized spacial score (nSPS) is 14.8. The highest BCUT2D eigenvalue weighted by atomic mass is 35.5. The second-order valence-electron chi connectivity index (χ2n) is 8.00. The Morgan fingerprint density at radius 1 is 1.06 bits per heavy atom. The molecule has 0 unspecified atom stereocenters. The molecule has 0 radical (unpaired) electrons. The number of piperazine rings is 1. The molecular weight excluding hydrogens is 508 g/mol. The monoisotopic (exact) mass is 526 g/mol. The van der Waals surface area contributed by atoms with E-state index in [0.29, 0.717) is 33.3 Å². The first-order valence-electron chi connectivity index (χ1n) is 10.9. The van der Waals surface area contributed by atoms with Gasteiger partial charge in [-0.1, -0.05) is 22.8 Å². The number of fused-ring (bicyclic) bond motifs is 1. The Bertz CT molecular complexity index is 1550. The van der Waals surface area contributed by atoms with Gasteiger partial charge in [-0.2, -0.15) is 9.21 Å². The summed E-state index contributed by atoms with van der Waals surface area (Å²) in [6.07, 6.45) is 2.80. The van der Waals surface area contributed by atoms with Crippen molar-refractivity contribution in [3.63, 3.8) is 0 Å². The second-order valence-corrected chi connectivity index (χ2v) is 10.3. The van der Waals surface area contributed by atoms with Crippen LogP contribution in [-0.4, -0.2) is 74.6 Å². The molecule has 0 spiro atoms. The zero-order chi connectivity index (χ0) is 25.3. The van der Waals surface area contributed by atoms with Gasteiger partial charge in [-0.15, -0.1) is 0 Å². The average molecular weight is 527 g/mol. The highest BCUT2D eigenvalue weighted by molar-refractivity contribution is 7.89. The van der Waals surface area contributed by atoms with E-state index >= 15 is 0 Å². The fourth-order valence-electron chi connectivity index (χ4n) is 3.85. The standard InChI is InChI=1S/C22H19ClN8O4S/c23-15-4-5-17-19(10-15)29-22(28-17)36(34,35)31-8-6-30(7-9-31)21(32)14-11-24-20(25-12-14)18-3-1-2-16(27-18)13-26-33/h1-5,10-12H,6-9,13H2,(H,28,29). The van der Waals surface area contributed by atoms with E-state index in [-0.39, 0.29) is 49.4 Å². The van der Waals surface area contributed by atoms with Crippen LogP contribution in [0.2, 0.25) is 5.02 Å². The van der Waals surface area contributed by atoms with E-state index in [1.54, 1.807) is 41.3 Å². The number of pyridine rings is 1. The Kier molecular flexibility index (Phi) is 6.43. The Morgan fingerprint density at radius 2 is 1.81 bits per heavy atom. The number of benzene rings is 1. The van der Waals surface area contributed by atoms with Crippen LogP contribution in [0.1, 0.15) is 16.1 Å². The number of hydrogen-bond acceptors (Lipinski definition) is 9. The molecule has 1 aliphatic heterocycles. The number of nitroso groups, excluding NO2 is 1. The molecule has 5 rings (SSSR count). The van der Waals surface area contributed by atoms with Crippen LogP contribution in [0.4, 0.5) is 0 Å². The molecule has 12 nitrogen and oxygen atoms in total. The maximum absolute atomic E-state index is 13.1. The van der Waals surface area contributed by atoms with E-state index in [4.69, 9.17) is 11.6 Å². The average Bonchev–Trinajstić information content (AvgIpc) is 3.33. The lowest BCUT2D eigenvalue weighted by Crippen LogP contribution is -2.50. The topological polar surface area (TPSA) is 154 Å². The zero-order valence-electron chi connectivity index (χ0n) is 18.7. The number of nitrogens with one attached hydrogen (secondary N) is 1. The third-order valence-corrected chi connectivity index (χ3v) is 7.66. The summed E-state index contributed by atoms with van der Waals surface area (Å²) in [7, 11) is -3.87.